The summed E-state index contributed by atoms with van der Waals surface area (Å²) in [4.78, 5) is 11.0. The van der Waals surface area contributed by atoms with Crippen LogP contribution in [-0.4, -0.2) is 30.2 Å². The average molecular weight is 188 g/mol. The number of carbonyl (C=O) groups is 1. The number of carbonyl (C=O) groups excluding carboxylic acids is 1. The largest absolute Gasteiger partial charge is 0.386 e. The van der Waals surface area contributed by atoms with E-state index < -0.39 is 6.10 Å². The van der Waals surface area contributed by atoms with E-state index in [1.54, 1.807) is 0 Å². The van der Waals surface area contributed by atoms with Crippen molar-refractivity contribution in [1.29, 1.82) is 0 Å². The third kappa shape index (κ3) is 7.94. The molecule has 0 aromatic carbocycles. The molecule has 0 saturated heterocycles. The van der Waals surface area contributed by atoms with Crippen molar-refractivity contribution in [1.82, 2.24) is 0 Å². The minimum atomic E-state index is -0.799. The zero-order chi connectivity index (χ0) is 10.1. The van der Waals surface area contributed by atoms with E-state index in [2.05, 4.69) is 0 Å². The molecular weight excluding hydrogens is 168 g/mol. The van der Waals surface area contributed by atoms with Crippen molar-refractivity contribution < 1.29 is 14.6 Å². The Bertz CT molecular complexity index is 132. The van der Waals surface area contributed by atoms with Gasteiger partial charge in [0.05, 0.1) is 0 Å². The normalized spacial score (nSPS) is 12.8. The number of hydrogen-bond donors (Lipinski definition) is 1. The van der Waals surface area contributed by atoms with Crippen LogP contribution in [0.15, 0.2) is 0 Å². The number of hydrogen-bond acceptors (Lipinski definition) is 3. The lowest BCUT2D eigenvalue weighted by molar-refractivity contribution is -0.126. The zero-order valence-corrected chi connectivity index (χ0v) is 8.58. The van der Waals surface area contributed by atoms with Crippen LogP contribution >= 0.6 is 0 Å². The Labute approximate surface area is 80.1 Å². The summed E-state index contributed by atoms with van der Waals surface area (Å²) in [5.74, 6) is -0.0589. The summed E-state index contributed by atoms with van der Waals surface area (Å²) in [6, 6.07) is 0. The first-order chi connectivity index (χ1) is 6.18. The van der Waals surface area contributed by atoms with Crippen LogP contribution in [0.25, 0.3) is 0 Å². The van der Waals surface area contributed by atoms with E-state index in [0.29, 0.717) is 6.42 Å². The topological polar surface area (TPSA) is 46.5 Å². The van der Waals surface area contributed by atoms with E-state index >= 15 is 0 Å². The SMILES string of the molecule is CCOCCCCCC(=O)C(C)O. The number of ether oxygens (including phenoxy) is 1. The van der Waals surface area contributed by atoms with Gasteiger partial charge in [-0.15, -0.1) is 0 Å². The van der Waals surface area contributed by atoms with E-state index in [4.69, 9.17) is 9.84 Å². The molecule has 0 aromatic rings. The monoisotopic (exact) mass is 188 g/mol. The highest BCUT2D eigenvalue weighted by Gasteiger charge is 2.07. The molecule has 1 N–H and O–H groups in total. The fraction of sp³-hybridized carbons (Fsp3) is 0.900. The highest BCUT2D eigenvalue weighted by atomic mass is 16.5. The van der Waals surface area contributed by atoms with Crippen LogP contribution in [0.3, 0.4) is 0 Å². The molecule has 0 amide bonds. The minimum absolute atomic E-state index is 0.0589. The summed E-state index contributed by atoms with van der Waals surface area (Å²) in [7, 11) is 0. The maximum absolute atomic E-state index is 11.0. The molecule has 3 nitrogen and oxygen atoms in total. The number of ketones is 1. The molecule has 3 heteroatoms. The molecular formula is C10H20O3. The van der Waals surface area contributed by atoms with Gasteiger partial charge in [0.2, 0.25) is 0 Å². The fourth-order valence-electron chi connectivity index (χ4n) is 1.03. The minimum Gasteiger partial charge on any atom is -0.386 e. The van der Waals surface area contributed by atoms with Gasteiger partial charge in [-0.1, -0.05) is 6.42 Å². The molecule has 0 aliphatic carbocycles. The summed E-state index contributed by atoms with van der Waals surface area (Å²) >= 11 is 0. The van der Waals surface area contributed by atoms with Crippen LogP contribution in [0.1, 0.15) is 39.5 Å². The van der Waals surface area contributed by atoms with Crippen LogP contribution in [-0.2, 0) is 9.53 Å². The number of aliphatic hydroxyl groups is 1. The van der Waals surface area contributed by atoms with Crippen molar-refractivity contribution >= 4 is 5.78 Å². The Morgan fingerprint density at radius 1 is 1.38 bits per heavy atom. The second-order valence-electron chi connectivity index (χ2n) is 3.15. The van der Waals surface area contributed by atoms with Crippen molar-refractivity contribution in [3.05, 3.63) is 0 Å². The van der Waals surface area contributed by atoms with Gasteiger partial charge in [-0.05, 0) is 26.7 Å². The number of Topliss-reactive ketones (excluding diaryl/α,β-unsaturated/α-hetero) is 1. The molecule has 78 valence electrons. The summed E-state index contributed by atoms with van der Waals surface area (Å²) in [5.41, 5.74) is 0. The summed E-state index contributed by atoms with van der Waals surface area (Å²) in [5, 5.41) is 8.89. The van der Waals surface area contributed by atoms with Crippen molar-refractivity contribution in [2.75, 3.05) is 13.2 Å². The molecule has 0 saturated carbocycles. The van der Waals surface area contributed by atoms with Crippen LogP contribution in [0, 0.1) is 0 Å². The molecule has 0 aromatic heterocycles. The first-order valence-electron chi connectivity index (χ1n) is 4.97. The number of unbranched alkanes of at least 4 members (excludes halogenated alkanes) is 2. The Morgan fingerprint density at radius 3 is 2.62 bits per heavy atom. The lowest BCUT2D eigenvalue weighted by Crippen LogP contribution is -2.15. The third-order valence-electron chi connectivity index (χ3n) is 1.88. The molecule has 0 bridgehead atoms. The second kappa shape index (κ2) is 8.20. The predicted octanol–water partition coefficient (Wildman–Crippen LogP) is 1.53. The second-order valence-corrected chi connectivity index (χ2v) is 3.15. The van der Waals surface area contributed by atoms with Gasteiger partial charge in [0, 0.05) is 19.6 Å². The van der Waals surface area contributed by atoms with Gasteiger partial charge in [-0.25, -0.2) is 0 Å². The molecule has 1 atom stereocenters. The first kappa shape index (κ1) is 12.6. The first-order valence-corrected chi connectivity index (χ1v) is 4.97. The molecule has 13 heavy (non-hydrogen) atoms. The highest BCUT2D eigenvalue weighted by molar-refractivity contribution is 5.82. The molecule has 0 rings (SSSR count). The standard InChI is InChI=1S/C10H20O3/c1-3-13-8-6-4-5-7-10(12)9(2)11/h9,11H,3-8H2,1-2H3. The zero-order valence-electron chi connectivity index (χ0n) is 8.58. The van der Waals surface area contributed by atoms with Crippen LogP contribution in [0.4, 0.5) is 0 Å². The molecule has 1 unspecified atom stereocenters. The maximum Gasteiger partial charge on any atom is 0.160 e. The van der Waals surface area contributed by atoms with Gasteiger partial charge < -0.3 is 9.84 Å². The Kier molecular flexibility index (Phi) is 7.94. The maximum atomic E-state index is 11.0. The Hall–Kier alpha value is -0.410. The number of aliphatic hydroxyl groups excluding tert-OH is 1. The van der Waals surface area contributed by atoms with Gasteiger partial charge in [0.15, 0.2) is 5.78 Å². The van der Waals surface area contributed by atoms with E-state index in [1.165, 1.54) is 6.92 Å². The Morgan fingerprint density at radius 2 is 2.08 bits per heavy atom. The lowest BCUT2D eigenvalue weighted by Gasteiger charge is -2.03. The number of rotatable bonds is 8. The van der Waals surface area contributed by atoms with E-state index in [0.717, 1.165) is 32.5 Å². The summed E-state index contributed by atoms with van der Waals surface area (Å²) < 4.78 is 5.15. The molecule has 0 aliphatic rings. The lowest BCUT2D eigenvalue weighted by atomic mass is 10.1. The van der Waals surface area contributed by atoms with E-state index in [-0.39, 0.29) is 5.78 Å². The van der Waals surface area contributed by atoms with Gasteiger partial charge >= 0.3 is 0 Å². The van der Waals surface area contributed by atoms with E-state index in [9.17, 15) is 4.79 Å². The fourth-order valence-corrected chi connectivity index (χ4v) is 1.03. The molecule has 0 spiro atoms. The van der Waals surface area contributed by atoms with Crippen LogP contribution in [0.5, 0.6) is 0 Å². The quantitative estimate of drug-likeness (QED) is 0.588. The molecule has 0 aliphatic heterocycles. The summed E-state index contributed by atoms with van der Waals surface area (Å²) in [6.45, 7) is 5.02. The van der Waals surface area contributed by atoms with Crippen molar-refractivity contribution in [3.8, 4) is 0 Å². The average Bonchev–Trinajstić information content (AvgIpc) is 2.10. The predicted molar refractivity (Wildman–Crippen MR) is 51.6 cm³/mol. The molecule has 0 radical (unpaired) electrons. The smallest absolute Gasteiger partial charge is 0.160 e. The van der Waals surface area contributed by atoms with Gasteiger partial charge in [-0.2, -0.15) is 0 Å². The van der Waals surface area contributed by atoms with Gasteiger partial charge in [0.25, 0.3) is 0 Å². The van der Waals surface area contributed by atoms with Crippen molar-refractivity contribution in [3.63, 3.8) is 0 Å². The van der Waals surface area contributed by atoms with Crippen LogP contribution < -0.4 is 0 Å². The van der Waals surface area contributed by atoms with Crippen molar-refractivity contribution in [2.24, 2.45) is 0 Å². The molecule has 0 fully saturated rings. The van der Waals surface area contributed by atoms with E-state index in [1.807, 2.05) is 6.92 Å². The van der Waals surface area contributed by atoms with Gasteiger partial charge in [-0.3, -0.25) is 4.79 Å². The molecule has 0 heterocycles. The highest BCUT2D eigenvalue weighted by Crippen LogP contribution is 2.02. The summed E-state index contributed by atoms with van der Waals surface area (Å²) in [6.07, 6.45) is 2.55. The van der Waals surface area contributed by atoms with Gasteiger partial charge in [0.1, 0.15) is 6.10 Å². The van der Waals surface area contributed by atoms with Crippen molar-refractivity contribution in [2.45, 2.75) is 45.6 Å². The van der Waals surface area contributed by atoms with Crippen LogP contribution in [0.2, 0.25) is 0 Å². The Balaban J connectivity index is 3.12. The third-order valence-corrected chi connectivity index (χ3v) is 1.88.